The van der Waals surface area contributed by atoms with Gasteiger partial charge in [0.05, 0.1) is 19.8 Å². The molecule has 1 saturated heterocycles. The van der Waals surface area contributed by atoms with Crippen LogP contribution in [0.5, 0.6) is 0 Å². The molecule has 6 unspecified atom stereocenters. The minimum atomic E-state index is -1.55. The van der Waals surface area contributed by atoms with E-state index in [9.17, 15) is 25.2 Å². The summed E-state index contributed by atoms with van der Waals surface area (Å²) in [5.74, 6) is -0.324. The largest absolute Gasteiger partial charge is 0.457 e. The normalized spacial score (nSPS) is 19.4. The van der Waals surface area contributed by atoms with E-state index in [0.29, 0.717) is 13.0 Å². The van der Waals surface area contributed by atoms with Crippen LogP contribution in [0.25, 0.3) is 0 Å². The highest BCUT2D eigenvalue weighted by atomic mass is 16.7. The molecule has 0 aliphatic carbocycles. The van der Waals surface area contributed by atoms with Crippen molar-refractivity contribution < 1.29 is 44.2 Å². The number of esters is 1. The zero-order valence-electron chi connectivity index (χ0n) is 47.1. The lowest BCUT2D eigenvalue weighted by Crippen LogP contribution is -2.59. The van der Waals surface area contributed by atoms with Gasteiger partial charge in [-0.15, -0.1) is 0 Å². The number of allylic oxidation sites excluding steroid dienone is 18. The predicted molar refractivity (Wildman–Crippen MR) is 311 cm³/mol. The molecule has 1 heterocycles. The van der Waals surface area contributed by atoms with Crippen molar-refractivity contribution in [3.05, 3.63) is 109 Å². The average Bonchev–Trinajstić information content (AvgIpc) is 3.40. The SMILES string of the molecule is CC/C=C\C/C=C\C/C=C\C/C=C\C/C=C\C/C=C\CCCCCCCCCOCC(COC1OC(CO)C(O)C(O)C1O)OC(=O)CCCCCCCCCCCC/C=C\C/C=C\C/C=C\CCCCCCC. The number of hydrogen-bond donors (Lipinski definition) is 4. The van der Waals surface area contributed by atoms with Crippen LogP contribution in [0.1, 0.15) is 232 Å². The summed E-state index contributed by atoms with van der Waals surface area (Å²) >= 11 is 0. The molecule has 0 saturated carbocycles. The molecular formula is C65H110O9. The molecule has 6 atom stereocenters. The maximum Gasteiger partial charge on any atom is 0.306 e. The van der Waals surface area contributed by atoms with Crippen molar-refractivity contribution in [1.82, 2.24) is 0 Å². The number of aliphatic hydroxyl groups excluding tert-OH is 4. The van der Waals surface area contributed by atoms with Crippen molar-refractivity contribution in [2.24, 2.45) is 0 Å². The van der Waals surface area contributed by atoms with E-state index in [1.165, 1.54) is 116 Å². The van der Waals surface area contributed by atoms with Crippen molar-refractivity contribution in [3.8, 4) is 0 Å². The molecule has 1 aliphatic heterocycles. The van der Waals surface area contributed by atoms with Crippen LogP contribution in [-0.2, 0) is 23.7 Å². The van der Waals surface area contributed by atoms with Crippen molar-refractivity contribution in [2.75, 3.05) is 26.4 Å². The molecule has 0 spiro atoms. The number of ether oxygens (including phenoxy) is 4. The second-order valence-electron chi connectivity index (χ2n) is 20.1. The van der Waals surface area contributed by atoms with Gasteiger partial charge in [-0.3, -0.25) is 4.79 Å². The van der Waals surface area contributed by atoms with Crippen LogP contribution >= 0.6 is 0 Å². The maximum atomic E-state index is 12.9. The Hall–Kier alpha value is -3.15. The lowest BCUT2D eigenvalue weighted by atomic mass is 9.99. The first-order valence-electron chi connectivity index (χ1n) is 30.0. The molecule has 0 amide bonds. The van der Waals surface area contributed by atoms with E-state index in [-0.39, 0.29) is 19.2 Å². The summed E-state index contributed by atoms with van der Waals surface area (Å²) < 4.78 is 23.0. The smallest absolute Gasteiger partial charge is 0.306 e. The van der Waals surface area contributed by atoms with Gasteiger partial charge in [0, 0.05) is 13.0 Å². The Morgan fingerprint density at radius 1 is 0.446 bits per heavy atom. The fourth-order valence-corrected chi connectivity index (χ4v) is 8.56. The number of carbonyl (C=O) groups excluding carboxylic acids is 1. The van der Waals surface area contributed by atoms with Crippen LogP contribution in [0, 0.1) is 0 Å². The van der Waals surface area contributed by atoms with E-state index >= 15 is 0 Å². The van der Waals surface area contributed by atoms with Crippen molar-refractivity contribution in [2.45, 2.75) is 269 Å². The first-order chi connectivity index (χ1) is 36.4. The number of unbranched alkanes of at least 4 members (excludes halogenated alkanes) is 22. The van der Waals surface area contributed by atoms with E-state index in [4.69, 9.17) is 18.9 Å². The standard InChI is InChI=1S/C65H110O9/c1-3-5-7-9-11-13-15-17-19-21-23-25-27-29-31-33-35-37-39-41-43-45-47-49-51-53-55-71-57-59(58-72-65-64(70)63(69)62(68)60(56-66)74-65)73-61(67)54-52-50-48-46-44-42-40-38-36-34-32-30-28-26-24-22-20-18-16-14-12-10-8-6-4-2/h5,7,11,13,16-19,22-25,28-31,35,37,59-60,62-66,68-70H,3-4,6,8-10,12,14-15,20-21,26-27,32-34,36,38-58H2,1-2H3/b7-5-,13-11-,18-16-,19-17-,24-22-,25-23-,30-28-,31-29-,37-35-. The van der Waals surface area contributed by atoms with Gasteiger partial charge in [0.25, 0.3) is 0 Å². The average molecular weight is 1040 g/mol. The molecular weight excluding hydrogens is 925 g/mol. The Labute approximate surface area is 453 Å². The molecule has 1 fully saturated rings. The highest BCUT2D eigenvalue weighted by Crippen LogP contribution is 2.23. The van der Waals surface area contributed by atoms with Crippen molar-refractivity contribution in [3.63, 3.8) is 0 Å². The van der Waals surface area contributed by atoms with Gasteiger partial charge < -0.3 is 39.4 Å². The Bertz CT molecular complexity index is 1510. The summed E-state index contributed by atoms with van der Waals surface area (Å²) in [6.07, 6.45) is 71.3. The van der Waals surface area contributed by atoms with E-state index in [1.54, 1.807) is 0 Å². The highest BCUT2D eigenvalue weighted by Gasteiger charge is 2.44. The van der Waals surface area contributed by atoms with Gasteiger partial charge in [0.2, 0.25) is 0 Å². The van der Waals surface area contributed by atoms with Crippen LogP contribution in [-0.4, -0.2) is 89.6 Å². The molecule has 9 nitrogen and oxygen atoms in total. The summed E-state index contributed by atoms with van der Waals surface area (Å²) in [5.41, 5.74) is 0. The van der Waals surface area contributed by atoms with Crippen LogP contribution in [0.4, 0.5) is 0 Å². The van der Waals surface area contributed by atoms with Gasteiger partial charge in [0.15, 0.2) is 6.29 Å². The van der Waals surface area contributed by atoms with Gasteiger partial charge in [-0.25, -0.2) is 0 Å². The fraction of sp³-hybridized carbons (Fsp3) is 0.708. The molecule has 0 aromatic heterocycles. The van der Waals surface area contributed by atoms with Crippen LogP contribution in [0.3, 0.4) is 0 Å². The third-order valence-corrected chi connectivity index (χ3v) is 13.2. The Morgan fingerprint density at radius 3 is 1.24 bits per heavy atom. The molecule has 9 heteroatoms. The summed E-state index contributed by atoms with van der Waals surface area (Å²) in [5, 5.41) is 40.4. The Morgan fingerprint density at radius 2 is 0.824 bits per heavy atom. The Kier molecular flexibility index (Phi) is 50.8. The van der Waals surface area contributed by atoms with E-state index < -0.39 is 43.4 Å². The molecule has 4 N–H and O–H groups in total. The lowest BCUT2D eigenvalue weighted by Gasteiger charge is -2.39. The van der Waals surface area contributed by atoms with E-state index in [0.717, 1.165) is 96.3 Å². The van der Waals surface area contributed by atoms with Gasteiger partial charge in [-0.2, -0.15) is 0 Å². The fourth-order valence-electron chi connectivity index (χ4n) is 8.56. The zero-order chi connectivity index (χ0) is 53.5. The highest BCUT2D eigenvalue weighted by molar-refractivity contribution is 5.69. The van der Waals surface area contributed by atoms with Crippen LogP contribution in [0.15, 0.2) is 109 Å². The van der Waals surface area contributed by atoms with E-state index in [2.05, 4.69) is 123 Å². The number of aliphatic hydroxyl groups is 4. The second-order valence-corrected chi connectivity index (χ2v) is 20.1. The number of carbonyl (C=O) groups is 1. The number of rotatable bonds is 51. The minimum absolute atomic E-state index is 0.126. The molecule has 0 aromatic rings. The molecule has 74 heavy (non-hydrogen) atoms. The first-order valence-corrected chi connectivity index (χ1v) is 30.0. The first kappa shape index (κ1) is 68.9. The number of hydrogen-bond acceptors (Lipinski definition) is 9. The summed E-state index contributed by atoms with van der Waals surface area (Å²) in [4.78, 5) is 12.9. The quantitative estimate of drug-likeness (QED) is 0.0267. The van der Waals surface area contributed by atoms with Gasteiger partial charge in [-0.1, -0.05) is 232 Å². The Balaban J connectivity index is 2.18. The lowest BCUT2D eigenvalue weighted by molar-refractivity contribution is -0.305. The van der Waals surface area contributed by atoms with Gasteiger partial charge in [-0.05, 0) is 103 Å². The van der Waals surface area contributed by atoms with Crippen molar-refractivity contribution >= 4 is 5.97 Å². The third kappa shape index (κ3) is 44.0. The summed E-state index contributed by atoms with van der Waals surface area (Å²) in [6.45, 7) is 4.41. The second kappa shape index (κ2) is 54.6. The van der Waals surface area contributed by atoms with Crippen LogP contribution < -0.4 is 0 Å². The third-order valence-electron chi connectivity index (χ3n) is 13.2. The predicted octanol–water partition coefficient (Wildman–Crippen LogP) is 16.0. The van der Waals surface area contributed by atoms with Crippen molar-refractivity contribution in [1.29, 1.82) is 0 Å². The van der Waals surface area contributed by atoms with Crippen LogP contribution in [0.2, 0.25) is 0 Å². The molecule has 0 aromatic carbocycles. The summed E-state index contributed by atoms with van der Waals surface area (Å²) in [7, 11) is 0. The van der Waals surface area contributed by atoms with Gasteiger partial charge >= 0.3 is 5.97 Å². The summed E-state index contributed by atoms with van der Waals surface area (Å²) in [6, 6.07) is 0. The monoisotopic (exact) mass is 1030 g/mol. The topological polar surface area (TPSA) is 135 Å². The maximum absolute atomic E-state index is 12.9. The molecule has 1 rings (SSSR count). The van der Waals surface area contributed by atoms with E-state index in [1.807, 2.05) is 0 Å². The molecule has 1 aliphatic rings. The van der Waals surface area contributed by atoms with Gasteiger partial charge in [0.1, 0.15) is 30.5 Å². The zero-order valence-corrected chi connectivity index (χ0v) is 47.1. The molecule has 0 radical (unpaired) electrons. The molecule has 0 bridgehead atoms. The minimum Gasteiger partial charge on any atom is -0.457 e. The molecule has 424 valence electrons.